The van der Waals surface area contributed by atoms with Gasteiger partial charge in [0.1, 0.15) is 29.0 Å². The van der Waals surface area contributed by atoms with Gasteiger partial charge in [0.2, 0.25) is 0 Å². The number of β-amino-alcohol motifs (C(OH)–C–C–N with tert-alkyl or cyclic N) is 1. The molecular formula is C16H11F3N4O4. The van der Waals surface area contributed by atoms with Crippen molar-refractivity contribution in [2.75, 3.05) is 32.1 Å². The van der Waals surface area contributed by atoms with Crippen LogP contribution in [0.15, 0.2) is 11.3 Å². The molecule has 140 valence electrons. The summed E-state index contributed by atoms with van der Waals surface area (Å²) in [5.41, 5.74) is -4.20. The van der Waals surface area contributed by atoms with Crippen LogP contribution in [0.2, 0.25) is 0 Å². The summed E-state index contributed by atoms with van der Waals surface area (Å²) in [4.78, 5) is 25.3. The molecule has 2 N–H and O–H groups in total. The van der Waals surface area contributed by atoms with Gasteiger partial charge >= 0.3 is 5.97 Å². The number of aliphatic hydroxyl groups is 1. The fourth-order valence-electron chi connectivity index (χ4n) is 2.45. The van der Waals surface area contributed by atoms with E-state index in [1.165, 1.54) is 6.07 Å². The van der Waals surface area contributed by atoms with Crippen LogP contribution in [-0.2, 0) is 14.3 Å². The molecule has 11 heteroatoms. The molecule has 0 saturated heterocycles. The molecule has 27 heavy (non-hydrogen) atoms. The Hall–Kier alpha value is -3.57. The quantitative estimate of drug-likeness (QED) is 0.563. The van der Waals surface area contributed by atoms with Crippen LogP contribution in [0.5, 0.6) is 0 Å². The number of ether oxygens (including phenoxy) is 1. The van der Waals surface area contributed by atoms with Crippen LogP contribution in [-0.4, -0.2) is 48.7 Å². The van der Waals surface area contributed by atoms with Gasteiger partial charge in [-0.15, -0.1) is 0 Å². The van der Waals surface area contributed by atoms with Crippen molar-refractivity contribution in [3.05, 3.63) is 39.8 Å². The van der Waals surface area contributed by atoms with Crippen molar-refractivity contribution in [1.82, 2.24) is 4.90 Å². The summed E-state index contributed by atoms with van der Waals surface area (Å²) in [6, 6.07) is 2.38. The van der Waals surface area contributed by atoms with Gasteiger partial charge in [0.05, 0.1) is 31.5 Å². The van der Waals surface area contributed by atoms with Gasteiger partial charge in [-0.1, -0.05) is 0 Å². The molecule has 2 rings (SSSR count). The number of amides is 1. The van der Waals surface area contributed by atoms with Crippen molar-refractivity contribution in [3.8, 4) is 12.1 Å². The Morgan fingerprint density at radius 2 is 1.81 bits per heavy atom. The Morgan fingerprint density at radius 3 is 2.33 bits per heavy atom. The molecule has 0 spiro atoms. The monoisotopic (exact) mass is 380 g/mol. The number of esters is 1. The van der Waals surface area contributed by atoms with Gasteiger partial charge in [-0.05, 0) is 0 Å². The van der Waals surface area contributed by atoms with E-state index in [9.17, 15) is 22.8 Å². The van der Waals surface area contributed by atoms with Crippen LogP contribution in [0.1, 0.15) is 11.1 Å². The highest BCUT2D eigenvalue weighted by Crippen LogP contribution is 2.31. The van der Waals surface area contributed by atoms with Crippen LogP contribution in [0.25, 0.3) is 0 Å². The highest BCUT2D eigenvalue weighted by atomic mass is 19.2. The number of methoxy groups -OCH3 is 1. The number of rotatable bonds is 5. The normalized spacial score (nSPS) is 13.4. The topological polar surface area (TPSA) is 126 Å². The van der Waals surface area contributed by atoms with E-state index in [4.69, 9.17) is 15.6 Å². The minimum atomic E-state index is -1.85. The van der Waals surface area contributed by atoms with Crippen molar-refractivity contribution in [1.29, 1.82) is 10.5 Å². The van der Waals surface area contributed by atoms with E-state index in [1.807, 2.05) is 0 Å². The zero-order valence-corrected chi connectivity index (χ0v) is 13.8. The summed E-state index contributed by atoms with van der Waals surface area (Å²) in [6.07, 6.45) is 0. The predicted molar refractivity (Wildman–Crippen MR) is 82.1 cm³/mol. The summed E-state index contributed by atoms with van der Waals surface area (Å²) in [6.45, 7) is -0.902. The maximum Gasteiger partial charge on any atom is 0.337 e. The Balaban J connectivity index is 2.65. The van der Waals surface area contributed by atoms with Gasteiger partial charge in [0, 0.05) is 6.54 Å². The third-order valence-electron chi connectivity index (χ3n) is 3.75. The second-order valence-corrected chi connectivity index (χ2v) is 5.21. The van der Waals surface area contributed by atoms with Crippen molar-refractivity contribution in [2.24, 2.45) is 0 Å². The number of aliphatic hydroxyl groups excluding tert-OH is 1. The van der Waals surface area contributed by atoms with E-state index in [1.54, 1.807) is 0 Å². The molecule has 1 aromatic rings. The van der Waals surface area contributed by atoms with Gasteiger partial charge < -0.3 is 20.1 Å². The first kappa shape index (κ1) is 19.8. The van der Waals surface area contributed by atoms with E-state index >= 15 is 0 Å². The lowest BCUT2D eigenvalue weighted by molar-refractivity contribution is -0.136. The number of halogens is 3. The van der Waals surface area contributed by atoms with Crippen LogP contribution < -0.4 is 5.32 Å². The Morgan fingerprint density at radius 1 is 1.22 bits per heavy atom. The van der Waals surface area contributed by atoms with E-state index in [0.717, 1.165) is 18.1 Å². The van der Waals surface area contributed by atoms with E-state index in [0.29, 0.717) is 0 Å². The molecule has 1 amide bonds. The molecule has 0 radical (unpaired) electrons. The molecule has 0 bridgehead atoms. The minimum absolute atomic E-state index is 0.167. The van der Waals surface area contributed by atoms with Crippen molar-refractivity contribution < 1.29 is 32.6 Å². The Kier molecular flexibility index (Phi) is 5.68. The molecule has 8 nitrogen and oxygen atoms in total. The highest BCUT2D eigenvalue weighted by molar-refractivity contribution is 6.08. The molecule has 1 heterocycles. The van der Waals surface area contributed by atoms with Crippen LogP contribution >= 0.6 is 0 Å². The lowest BCUT2D eigenvalue weighted by atomic mass is 10.1. The summed E-state index contributed by atoms with van der Waals surface area (Å²) in [5.74, 6) is -7.06. The number of benzene rings is 1. The number of nitrogens with one attached hydrogen (secondary N) is 1. The minimum Gasteiger partial charge on any atom is -0.466 e. The summed E-state index contributed by atoms with van der Waals surface area (Å²) >= 11 is 0. The smallest absolute Gasteiger partial charge is 0.337 e. The second kappa shape index (κ2) is 7.76. The molecule has 0 saturated carbocycles. The first-order chi connectivity index (χ1) is 12.8. The second-order valence-electron chi connectivity index (χ2n) is 5.21. The van der Waals surface area contributed by atoms with Crippen molar-refractivity contribution in [3.63, 3.8) is 0 Å². The molecule has 1 aliphatic rings. The maximum absolute atomic E-state index is 14.5. The lowest BCUT2D eigenvalue weighted by Crippen LogP contribution is -2.31. The number of carbonyl (C=O) groups is 2. The summed E-state index contributed by atoms with van der Waals surface area (Å²) in [5, 5.41) is 29.0. The van der Waals surface area contributed by atoms with Crippen LogP contribution in [0.3, 0.4) is 0 Å². The molecule has 0 fully saturated rings. The van der Waals surface area contributed by atoms with E-state index < -0.39 is 58.4 Å². The first-order valence-corrected chi connectivity index (χ1v) is 7.31. The Labute approximate surface area is 150 Å². The van der Waals surface area contributed by atoms with Gasteiger partial charge in [-0.25, -0.2) is 18.0 Å². The number of hydrogen-bond acceptors (Lipinski definition) is 7. The largest absolute Gasteiger partial charge is 0.466 e. The van der Waals surface area contributed by atoms with Gasteiger partial charge in [0.15, 0.2) is 17.5 Å². The predicted octanol–water partition coefficient (Wildman–Crippen LogP) is 0.521. The number of nitriles is 2. The standard InChI is InChI=1S/C16H11F3N4O4/c1-27-16(26)9-6-23(2-3-24)15(25)14(9)22-13-8(5-21)11(18)10(17)7(4-20)12(13)19/h22,24H,2-3,6H2,1H3. The van der Waals surface area contributed by atoms with Crippen LogP contribution in [0, 0.1) is 40.1 Å². The number of anilines is 1. The van der Waals surface area contributed by atoms with Gasteiger partial charge in [-0.3, -0.25) is 4.79 Å². The fourth-order valence-corrected chi connectivity index (χ4v) is 2.45. The molecule has 1 aliphatic heterocycles. The van der Waals surface area contributed by atoms with Crippen LogP contribution in [0.4, 0.5) is 18.9 Å². The maximum atomic E-state index is 14.5. The molecule has 0 aromatic heterocycles. The number of hydrogen-bond donors (Lipinski definition) is 2. The van der Waals surface area contributed by atoms with Crippen molar-refractivity contribution in [2.45, 2.75) is 0 Å². The highest BCUT2D eigenvalue weighted by Gasteiger charge is 2.36. The first-order valence-electron chi connectivity index (χ1n) is 7.31. The van der Waals surface area contributed by atoms with Gasteiger partial charge in [0.25, 0.3) is 5.91 Å². The van der Waals surface area contributed by atoms with E-state index in [2.05, 4.69) is 10.1 Å². The zero-order valence-electron chi connectivity index (χ0n) is 13.8. The summed E-state index contributed by atoms with van der Waals surface area (Å²) < 4.78 is 46.7. The SMILES string of the molecule is COC(=O)C1=C(Nc2c(F)c(C#N)c(F)c(F)c2C#N)C(=O)N(CCO)C1. The molecule has 0 unspecified atom stereocenters. The third kappa shape index (κ3) is 3.28. The summed E-state index contributed by atoms with van der Waals surface area (Å²) in [7, 11) is 1.03. The van der Waals surface area contributed by atoms with Crippen molar-refractivity contribution >= 4 is 17.6 Å². The molecular weight excluding hydrogens is 369 g/mol. The lowest BCUT2D eigenvalue weighted by Gasteiger charge is -2.16. The number of carbonyl (C=O) groups excluding carboxylic acids is 2. The average Bonchev–Trinajstić information content (AvgIpc) is 2.96. The Bertz CT molecular complexity index is 947. The molecule has 0 aliphatic carbocycles. The molecule has 1 aromatic carbocycles. The van der Waals surface area contributed by atoms with E-state index in [-0.39, 0.29) is 18.7 Å². The fraction of sp³-hybridized carbons (Fsp3) is 0.250. The molecule has 0 atom stereocenters. The number of nitrogens with zero attached hydrogens (tertiary/aromatic N) is 3. The average molecular weight is 380 g/mol. The van der Waals surface area contributed by atoms with Gasteiger partial charge in [-0.2, -0.15) is 10.5 Å². The zero-order chi connectivity index (χ0) is 20.3. The third-order valence-corrected chi connectivity index (χ3v) is 3.75.